The molecular formula is C21H24ClNO4. The highest BCUT2D eigenvalue weighted by molar-refractivity contribution is 6.31. The average Bonchev–Trinajstić information content (AvgIpc) is 2.71. The molecule has 0 saturated heterocycles. The van der Waals surface area contributed by atoms with Crippen LogP contribution in [0.1, 0.15) is 23.5 Å². The van der Waals surface area contributed by atoms with Gasteiger partial charge in [-0.3, -0.25) is 4.79 Å². The van der Waals surface area contributed by atoms with Gasteiger partial charge in [-0.25, -0.2) is 0 Å². The Morgan fingerprint density at radius 1 is 1.11 bits per heavy atom. The molecule has 27 heavy (non-hydrogen) atoms. The molecule has 2 aromatic rings. The third kappa shape index (κ3) is 5.47. The first-order valence-corrected chi connectivity index (χ1v) is 9.03. The van der Waals surface area contributed by atoms with Gasteiger partial charge < -0.3 is 19.2 Å². The zero-order valence-electron chi connectivity index (χ0n) is 15.7. The second-order valence-electron chi connectivity index (χ2n) is 6.24. The fourth-order valence-electron chi connectivity index (χ4n) is 2.92. The molecule has 0 heterocycles. The van der Waals surface area contributed by atoms with Crippen molar-refractivity contribution < 1.29 is 19.1 Å². The summed E-state index contributed by atoms with van der Waals surface area (Å²) in [7, 11) is 4.84. The van der Waals surface area contributed by atoms with Crippen LogP contribution in [0.2, 0.25) is 0 Å². The molecule has 0 radical (unpaired) electrons. The summed E-state index contributed by atoms with van der Waals surface area (Å²) in [5.74, 6) is 0.681. The van der Waals surface area contributed by atoms with Crippen molar-refractivity contribution in [1.82, 2.24) is 4.90 Å². The summed E-state index contributed by atoms with van der Waals surface area (Å²) in [6.07, 6.45) is 0.984. The minimum absolute atomic E-state index is 0.185. The minimum Gasteiger partial charge on any atom is -0.497 e. The number of hydrogen-bond donors (Lipinski definition) is 0. The number of ether oxygens (including phenoxy) is 2. The normalized spacial score (nSPS) is 12.7. The lowest BCUT2D eigenvalue weighted by Gasteiger charge is -2.26. The first kappa shape index (κ1) is 20.8. The number of benzene rings is 2. The number of amides is 1. The van der Waals surface area contributed by atoms with Crippen LogP contribution in [0.3, 0.4) is 0 Å². The van der Waals surface area contributed by atoms with Crippen LogP contribution in [-0.2, 0) is 16.1 Å². The highest BCUT2D eigenvalue weighted by atomic mass is 35.5. The number of halogens is 1. The van der Waals surface area contributed by atoms with Gasteiger partial charge in [-0.2, -0.15) is 0 Å². The summed E-state index contributed by atoms with van der Waals surface area (Å²) in [5, 5.41) is -0.838. The molecule has 0 aromatic heterocycles. The molecule has 0 N–H and O–H groups in total. The minimum atomic E-state index is -0.838. The van der Waals surface area contributed by atoms with Crippen LogP contribution in [-0.4, -0.2) is 43.7 Å². The Bertz CT molecular complexity index is 744. The van der Waals surface area contributed by atoms with E-state index in [1.165, 1.54) is 0 Å². The van der Waals surface area contributed by atoms with Crippen LogP contribution in [0.4, 0.5) is 0 Å². The number of rotatable bonds is 9. The Morgan fingerprint density at radius 2 is 1.70 bits per heavy atom. The summed E-state index contributed by atoms with van der Waals surface area (Å²) >= 11 is 6.49. The number of carbonyl (C=O) groups excluding carboxylic acids is 2. The molecule has 0 aliphatic carbocycles. The Morgan fingerprint density at radius 3 is 2.22 bits per heavy atom. The fourth-order valence-corrected chi connectivity index (χ4v) is 3.34. The van der Waals surface area contributed by atoms with Crippen molar-refractivity contribution in [1.29, 1.82) is 0 Å². The largest absolute Gasteiger partial charge is 0.497 e. The average molecular weight is 390 g/mol. The second-order valence-corrected chi connectivity index (χ2v) is 6.71. The lowest BCUT2D eigenvalue weighted by Crippen LogP contribution is -2.36. The van der Waals surface area contributed by atoms with Gasteiger partial charge in [0.1, 0.15) is 23.2 Å². The van der Waals surface area contributed by atoms with Crippen molar-refractivity contribution in [2.45, 2.75) is 24.3 Å². The molecule has 2 aromatic carbocycles. The summed E-state index contributed by atoms with van der Waals surface area (Å²) < 4.78 is 10.5. The Balaban J connectivity index is 2.16. The van der Waals surface area contributed by atoms with Crippen molar-refractivity contribution in [3.05, 3.63) is 59.7 Å². The summed E-state index contributed by atoms with van der Waals surface area (Å²) in [6, 6.07) is 14.8. The van der Waals surface area contributed by atoms with Gasteiger partial charge in [0.15, 0.2) is 0 Å². The topological polar surface area (TPSA) is 55.8 Å². The molecular weight excluding hydrogens is 366 g/mol. The second kappa shape index (κ2) is 9.97. The number of aldehydes is 1. The smallest absolute Gasteiger partial charge is 0.241 e. The van der Waals surface area contributed by atoms with Crippen LogP contribution >= 0.6 is 11.6 Å². The van der Waals surface area contributed by atoms with E-state index in [2.05, 4.69) is 0 Å². The Labute approximate surface area is 164 Å². The van der Waals surface area contributed by atoms with E-state index < -0.39 is 5.38 Å². The highest BCUT2D eigenvalue weighted by Gasteiger charge is 2.29. The van der Waals surface area contributed by atoms with Gasteiger partial charge in [0.2, 0.25) is 5.91 Å². The van der Waals surface area contributed by atoms with E-state index >= 15 is 0 Å². The van der Waals surface area contributed by atoms with Crippen molar-refractivity contribution in [3.8, 4) is 11.5 Å². The van der Waals surface area contributed by atoms with E-state index in [1.54, 1.807) is 32.2 Å². The van der Waals surface area contributed by atoms with Gasteiger partial charge >= 0.3 is 0 Å². The third-order valence-electron chi connectivity index (χ3n) is 4.37. The molecule has 2 rings (SSSR count). The van der Waals surface area contributed by atoms with Crippen molar-refractivity contribution >= 4 is 23.8 Å². The van der Waals surface area contributed by atoms with E-state index in [4.69, 9.17) is 21.1 Å². The van der Waals surface area contributed by atoms with Crippen LogP contribution in [0.15, 0.2) is 48.5 Å². The maximum atomic E-state index is 12.9. The van der Waals surface area contributed by atoms with Crippen LogP contribution in [0.5, 0.6) is 11.5 Å². The highest BCUT2D eigenvalue weighted by Crippen LogP contribution is 2.29. The van der Waals surface area contributed by atoms with Crippen LogP contribution < -0.4 is 9.47 Å². The Kier molecular flexibility index (Phi) is 7.67. The lowest BCUT2D eigenvalue weighted by molar-refractivity contribution is -0.130. The molecule has 0 saturated carbocycles. The zero-order chi connectivity index (χ0) is 19.8. The third-order valence-corrected chi connectivity index (χ3v) is 4.87. The first-order valence-electron chi connectivity index (χ1n) is 8.59. The fraction of sp³-hybridized carbons (Fsp3) is 0.333. The van der Waals surface area contributed by atoms with Crippen molar-refractivity contribution in [2.75, 3.05) is 21.3 Å². The zero-order valence-corrected chi connectivity index (χ0v) is 16.5. The summed E-state index contributed by atoms with van der Waals surface area (Å²) in [4.78, 5) is 25.5. The maximum Gasteiger partial charge on any atom is 0.241 e. The number of methoxy groups -OCH3 is 2. The van der Waals surface area contributed by atoms with E-state index in [9.17, 15) is 9.59 Å². The number of nitrogens with zero attached hydrogens (tertiary/aromatic N) is 1. The predicted octanol–water partition coefficient (Wildman–Crippen LogP) is 3.64. The molecule has 0 fully saturated rings. The van der Waals surface area contributed by atoms with Gasteiger partial charge in [0.05, 0.1) is 14.2 Å². The molecule has 5 nitrogen and oxygen atoms in total. The van der Waals surface area contributed by atoms with Crippen molar-refractivity contribution in [3.63, 3.8) is 0 Å². The predicted molar refractivity (Wildman–Crippen MR) is 106 cm³/mol. The quantitative estimate of drug-likeness (QED) is 0.485. The van der Waals surface area contributed by atoms with Gasteiger partial charge in [-0.1, -0.05) is 30.3 Å². The lowest BCUT2D eigenvalue weighted by atomic mass is 9.92. The van der Waals surface area contributed by atoms with E-state index in [-0.39, 0.29) is 18.2 Å². The maximum absolute atomic E-state index is 12.9. The molecule has 0 spiro atoms. The monoisotopic (exact) mass is 389 g/mol. The van der Waals surface area contributed by atoms with Gasteiger partial charge in [-0.05, 0) is 23.3 Å². The van der Waals surface area contributed by atoms with E-state index in [0.717, 1.165) is 17.4 Å². The van der Waals surface area contributed by atoms with Gasteiger partial charge in [0.25, 0.3) is 0 Å². The summed E-state index contributed by atoms with van der Waals surface area (Å²) in [6.45, 7) is 0.345. The molecule has 0 bridgehead atoms. The van der Waals surface area contributed by atoms with Crippen LogP contribution in [0.25, 0.3) is 0 Å². The Hall–Kier alpha value is -2.53. The standard InChI is InChI=1S/C21H24ClNO4/c1-23(14-15-11-17(26-2)13-18(12-15)27-3)21(25)20(22)19(9-10-24)16-7-5-4-6-8-16/h4-8,10-13,19-20H,9,14H2,1-3H3. The van der Waals surface area contributed by atoms with Crippen molar-refractivity contribution in [2.24, 2.45) is 0 Å². The van der Waals surface area contributed by atoms with Gasteiger partial charge in [-0.15, -0.1) is 11.6 Å². The number of carbonyl (C=O) groups is 2. The number of hydrogen-bond acceptors (Lipinski definition) is 4. The molecule has 2 unspecified atom stereocenters. The molecule has 2 atom stereocenters. The van der Waals surface area contributed by atoms with E-state index in [0.29, 0.717) is 18.0 Å². The van der Waals surface area contributed by atoms with E-state index in [1.807, 2.05) is 42.5 Å². The first-order chi connectivity index (χ1) is 13.0. The van der Waals surface area contributed by atoms with Gasteiger partial charge in [0, 0.05) is 32.0 Å². The molecule has 144 valence electrons. The molecule has 0 aliphatic heterocycles. The van der Waals surface area contributed by atoms with Crippen LogP contribution in [0, 0.1) is 0 Å². The molecule has 1 amide bonds. The molecule has 6 heteroatoms. The SMILES string of the molecule is COc1cc(CN(C)C(=O)C(Cl)C(CC=O)c2ccccc2)cc(OC)c1. The number of alkyl halides is 1. The molecule has 0 aliphatic rings. The summed E-state index contributed by atoms with van der Waals surface area (Å²) in [5.41, 5.74) is 1.73.